The summed E-state index contributed by atoms with van der Waals surface area (Å²) in [6, 6.07) is 7.20. The number of amides is 1. The molecule has 0 saturated heterocycles. The fourth-order valence-electron chi connectivity index (χ4n) is 3.04. The normalized spacial score (nSPS) is 14.3. The molecule has 0 fully saturated rings. The Morgan fingerprint density at radius 3 is 2.96 bits per heavy atom. The highest BCUT2D eigenvalue weighted by molar-refractivity contribution is 7.14. The molecule has 1 heterocycles. The number of aryl methyl sites for hydroxylation is 1. The number of hydrogen-bond donors (Lipinski definition) is 2. The third-order valence-corrected chi connectivity index (χ3v) is 5.87. The smallest absolute Gasteiger partial charge is 0.265 e. The van der Waals surface area contributed by atoms with Gasteiger partial charge in [0.05, 0.1) is 13.2 Å². The third kappa shape index (κ3) is 3.43. The van der Waals surface area contributed by atoms with Gasteiger partial charge in [-0.3, -0.25) is 4.79 Å². The largest absolute Gasteiger partial charge is 0.495 e. The van der Waals surface area contributed by atoms with Gasteiger partial charge < -0.3 is 15.2 Å². The van der Waals surface area contributed by atoms with Crippen LogP contribution in [0.3, 0.4) is 0 Å². The number of benzene rings is 1. The van der Waals surface area contributed by atoms with E-state index in [-0.39, 0.29) is 5.91 Å². The van der Waals surface area contributed by atoms with Crippen LogP contribution >= 0.6 is 22.9 Å². The Morgan fingerprint density at radius 1 is 1.42 bits per heavy atom. The highest BCUT2D eigenvalue weighted by Crippen LogP contribution is 2.40. The highest BCUT2D eigenvalue weighted by atomic mass is 35.5. The molecule has 0 bridgehead atoms. The quantitative estimate of drug-likeness (QED) is 0.819. The minimum atomic E-state index is -0.700. The molecule has 2 N–H and O–H groups in total. The van der Waals surface area contributed by atoms with Crippen LogP contribution in [0.5, 0.6) is 5.75 Å². The van der Waals surface area contributed by atoms with Crippen molar-refractivity contribution in [3.63, 3.8) is 0 Å². The number of carbonyl (C=O) groups is 1. The summed E-state index contributed by atoms with van der Waals surface area (Å²) in [6.07, 6.45) is 2.84. The van der Waals surface area contributed by atoms with Crippen LogP contribution < -0.4 is 10.1 Å². The fourth-order valence-corrected chi connectivity index (χ4v) is 4.58. The molecular formula is C18H20ClNO3S. The van der Waals surface area contributed by atoms with Crippen LogP contribution in [0.25, 0.3) is 0 Å². The number of ether oxygens (including phenoxy) is 1. The summed E-state index contributed by atoms with van der Waals surface area (Å²) in [4.78, 5) is 14.3. The molecule has 0 radical (unpaired) electrons. The van der Waals surface area contributed by atoms with Gasteiger partial charge in [0.1, 0.15) is 10.6 Å². The molecule has 2 aromatic rings. The van der Waals surface area contributed by atoms with Gasteiger partial charge in [0.25, 0.3) is 5.91 Å². The van der Waals surface area contributed by atoms with Gasteiger partial charge in [0.2, 0.25) is 0 Å². The molecule has 4 nitrogen and oxygen atoms in total. The van der Waals surface area contributed by atoms with E-state index >= 15 is 0 Å². The molecule has 0 aliphatic heterocycles. The van der Waals surface area contributed by atoms with Crippen LogP contribution in [0.1, 0.15) is 44.6 Å². The van der Waals surface area contributed by atoms with Crippen molar-refractivity contribution in [2.45, 2.75) is 31.8 Å². The van der Waals surface area contributed by atoms with E-state index < -0.39 is 6.10 Å². The van der Waals surface area contributed by atoms with E-state index in [0.29, 0.717) is 28.4 Å². The molecule has 1 aromatic heterocycles. The molecule has 6 heteroatoms. The van der Waals surface area contributed by atoms with Crippen LogP contribution in [-0.2, 0) is 12.8 Å². The van der Waals surface area contributed by atoms with Crippen molar-refractivity contribution in [1.82, 2.24) is 5.32 Å². The lowest BCUT2D eigenvalue weighted by molar-refractivity contribution is 0.0944. The zero-order valence-electron chi connectivity index (χ0n) is 13.5. The van der Waals surface area contributed by atoms with Gasteiger partial charge in [0.15, 0.2) is 0 Å². The highest BCUT2D eigenvalue weighted by Gasteiger charge is 2.26. The van der Waals surface area contributed by atoms with Gasteiger partial charge >= 0.3 is 0 Å². The lowest BCUT2D eigenvalue weighted by Gasteiger charge is -2.13. The summed E-state index contributed by atoms with van der Waals surface area (Å²) in [7, 11) is 1.61. The number of halogens is 1. The van der Waals surface area contributed by atoms with Crippen molar-refractivity contribution in [3.8, 4) is 5.75 Å². The lowest BCUT2D eigenvalue weighted by atomic mass is 10.1. The molecule has 1 unspecified atom stereocenters. The van der Waals surface area contributed by atoms with Crippen molar-refractivity contribution < 1.29 is 14.6 Å². The zero-order chi connectivity index (χ0) is 17.1. The first-order valence-corrected chi connectivity index (χ1v) is 9.20. The molecule has 0 saturated carbocycles. The predicted octanol–water partition coefficient (Wildman–Crippen LogP) is 3.75. The van der Waals surface area contributed by atoms with E-state index in [1.54, 1.807) is 19.2 Å². The lowest BCUT2D eigenvalue weighted by Crippen LogP contribution is -2.25. The van der Waals surface area contributed by atoms with Crippen LogP contribution in [-0.4, -0.2) is 24.7 Å². The van der Waals surface area contributed by atoms with Gasteiger partial charge in [-0.25, -0.2) is 0 Å². The van der Waals surface area contributed by atoms with E-state index in [2.05, 4.69) is 5.32 Å². The van der Waals surface area contributed by atoms with Crippen LogP contribution in [0.4, 0.5) is 0 Å². The van der Waals surface area contributed by atoms with Crippen LogP contribution in [0.15, 0.2) is 24.3 Å². The van der Waals surface area contributed by atoms with Crippen molar-refractivity contribution in [3.05, 3.63) is 50.2 Å². The predicted molar refractivity (Wildman–Crippen MR) is 96.3 cm³/mol. The number of thiophene rings is 1. The number of nitrogens with one attached hydrogen (secondary N) is 1. The Bertz CT molecular complexity index is 744. The molecule has 24 heavy (non-hydrogen) atoms. The summed E-state index contributed by atoms with van der Waals surface area (Å²) in [5.41, 5.74) is 1.87. The first-order chi connectivity index (χ1) is 11.6. The molecule has 1 aromatic carbocycles. The molecule has 1 aliphatic carbocycles. The molecule has 1 amide bonds. The fraction of sp³-hybridized carbons (Fsp3) is 0.389. The molecule has 1 aliphatic rings. The van der Waals surface area contributed by atoms with Crippen LogP contribution in [0.2, 0.25) is 5.02 Å². The average molecular weight is 366 g/mol. The Labute approximate surface area is 150 Å². The Balaban J connectivity index is 1.60. The summed E-state index contributed by atoms with van der Waals surface area (Å²) in [6.45, 7) is 0.372. The van der Waals surface area contributed by atoms with Gasteiger partial charge in [-0.05, 0) is 37.3 Å². The monoisotopic (exact) mass is 365 g/mol. The second kappa shape index (κ2) is 7.55. The van der Waals surface area contributed by atoms with Crippen molar-refractivity contribution in [1.29, 1.82) is 0 Å². The number of hydrogen-bond acceptors (Lipinski definition) is 4. The van der Waals surface area contributed by atoms with E-state index in [9.17, 15) is 9.90 Å². The van der Waals surface area contributed by atoms with E-state index in [1.165, 1.54) is 21.8 Å². The second-order valence-corrected chi connectivity index (χ2v) is 7.31. The Kier molecular flexibility index (Phi) is 5.43. The maximum absolute atomic E-state index is 12.4. The summed E-state index contributed by atoms with van der Waals surface area (Å²) >= 11 is 7.59. The number of fused-ring (bicyclic) bond motifs is 1. The second-order valence-electron chi connectivity index (χ2n) is 5.80. The van der Waals surface area contributed by atoms with Crippen molar-refractivity contribution >= 4 is 28.8 Å². The van der Waals surface area contributed by atoms with Crippen molar-refractivity contribution in [2.75, 3.05) is 13.7 Å². The number of aliphatic hydroxyl groups is 1. The van der Waals surface area contributed by atoms with Gasteiger partial charge in [-0.1, -0.05) is 29.8 Å². The topological polar surface area (TPSA) is 58.6 Å². The Hall–Kier alpha value is -1.56. The van der Waals surface area contributed by atoms with Crippen molar-refractivity contribution in [2.24, 2.45) is 0 Å². The Morgan fingerprint density at radius 2 is 2.21 bits per heavy atom. The average Bonchev–Trinajstić information content (AvgIpc) is 3.15. The standard InChI is InChI=1S/C18H20ClNO3S/c1-23-16-12-6-4-8-15(12)24-17(16)18(22)20-10-9-14(21)11-5-2-3-7-13(11)19/h2-3,5,7,14,21H,4,6,8-10H2,1H3,(H,20,22). The molecule has 3 rings (SSSR count). The summed E-state index contributed by atoms with van der Waals surface area (Å²) in [5, 5.41) is 13.6. The number of carbonyl (C=O) groups excluding carboxylic acids is 1. The SMILES string of the molecule is COc1c(C(=O)NCCC(O)c2ccccc2Cl)sc2c1CCC2. The van der Waals surface area contributed by atoms with E-state index in [1.807, 2.05) is 12.1 Å². The molecule has 0 spiro atoms. The zero-order valence-corrected chi connectivity index (χ0v) is 15.0. The molecular weight excluding hydrogens is 346 g/mol. The van der Waals surface area contributed by atoms with Gasteiger partial charge in [-0.2, -0.15) is 0 Å². The maximum Gasteiger partial charge on any atom is 0.265 e. The number of aliphatic hydroxyl groups excluding tert-OH is 1. The number of rotatable bonds is 6. The molecule has 128 valence electrons. The first-order valence-electron chi connectivity index (χ1n) is 8.01. The number of methoxy groups -OCH3 is 1. The molecule has 1 atom stereocenters. The van der Waals surface area contributed by atoms with E-state index in [0.717, 1.165) is 25.0 Å². The van der Waals surface area contributed by atoms with Crippen LogP contribution in [0, 0.1) is 0 Å². The summed E-state index contributed by atoms with van der Waals surface area (Å²) < 4.78 is 5.44. The first kappa shape index (κ1) is 17.3. The maximum atomic E-state index is 12.4. The minimum Gasteiger partial charge on any atom is -0.495 e. The summed E-state index contributed by atoms with van der Waals surface area (Å²) in [5.74, 6) is 0.578. The minimum absolute atomic E-state index is 0.141. The van der Waals surface area contributed by atoms with Gasteiger partial charge in [0, 0.05) is 22.0 Å². The van der Waals surface area contributed by atoms with Gasteiger partial charge in [-0.15, -0.1) is 11.3 Å². The third-order valence-electron chi connectivity index (χ3n) is 4.25. The van der Waals surface area contributed by atoms with E-state index in [4.69, 9.17) is 16.3 Å².